The number of ether oxygens (including phenoxy) is 2. The van der Waals surface area contributed by atoms with Crippen molar-refractivity contribution >= 4 is 74.2 Å². The molecule has 16 heteroatoms. The van der Waals surface area contributed by atoms with Gasteiger partial charge in [-0.3, -0.25) is 14.6 Å². The fraction of sp³-hybridized carbons (Fsp3) is 0.425. The summed E-state index contributed by atoms with van der Waals surface area (Å²) in [6, 6.07) is 12.3. The lowest BCUT2D eigenvalue weighted by Gasteiger charge is -2.43. The topological polar surface area (TPSA) is 143 Å². The molecule has 0 saturated carbocycles. The lowest BCUT2D eigenvalue weighted by Crippen LogP contribution is -2.55. The first kappa shape index (κ1) is 39.5. The molecule has 2 aliphatic rings. The van der Waals surface area contributed by atoms with Crippen molar-refractivity contribution < 1.29 is 18.8 Å². The van der Waals surface area contributed by atoms with Crippen molar-refractivity contribution in [2.75, 3.05) is 75.2 Å². The van der Waals surface area contributed by atoms with Crippen LogP contribution in [0.2, 0.25) is 0 Å². The molecule has 0 radical (unpaired) electrons. The molecule has 296 valence electrons. The number of anilines is 5. The molecule has 0 atom stereocenters. The average Bonchev–Trinajstić information content (AvgIpc) is 3.60. The standard InChI is InChI=1S/C40H50BrN10O4P/c1-40(2,3)55-39(52)51-18-16-49(17-19-51)27-12-14-50(15-13-27)34-21-35(54-5)32(20-29(34)26-22-44-48(4)25-26)46-38-43-23-30(41)37(47-38)45-33-24-42-31-11-9-8-10-28(31)36(33)56(6,7)53/h8-11,20-25,27H,12-19H2,1-7H3,(H2,43,45,46,47). The number of para-hydroxylation sites is 1. The number of pyridine rings is 1. The van der Waals surface area contributed by atoms with Gasteiger partial charge in [-0.15, -0.1) is 0 Å². The van der Waals surface area contributed by atoms with Gasteiger partial charge in [0.15, 0.2) is 0 Å². The van der Waals surface area contributed by atoms with Crippen LogP contribution in [0.5, 0.6) is 5.75 Å². The summed E-state index contributed by atoms with van der Waals surface area (Å²) >= 11 is 3.60. The minimum Gasteiger partial charge on any atom is -0.494 e. The molecule has 0 unspecified atom stereocenters. The molecule has 0 spiro atoms. The molecule has 2 saturated heterocycles. The van der Waals surface area contributed by atoms with Gasteiger partial charge in [-0.25, -0.2) is 9.78 Å². The number of methoxy groups -OCH3 is 1. The lowest BCUT2D eigenvalue weighted by molar-refractivity contribution is 0.00901. The Morgan fingerprint density at radius 1 is 0.946 bits per heavy atom. The van der Waals surface area contributed by atoms with Gasteiger partial charge in [0.05, 0.1) is 40.9 Å². The fourth-order valence-corrected chi connectivity index (χ4v) is 9.27. The summed E-state index contributed by atoms with van der Waals surface area (Å²) in [4.78, 5) is 33.4. The number of aryl methyl sites for hydroxylation is 1. The van der Waals surface area contributed by atoms with Crippen molar-refractivity contribution in [2.45, 2.75) is 45.3 Å². The third-order valence-electron chi connectivity index (χ3n) is 10.2. The molecule has 2 aliphatic heterocycles. The van der Waals surface area contributed by atoms with Crippen molar-refractivity contribution in [3.8, 4) is 16.9 Å². The van der Waals surface area contributed by atoms with E-state index in [9.17, 15) is 9.36 Å². The third kappa shape index (κ3) is 8.80. The highest BCUT2D eigenvalue weighted by atomic mass is 79.9. The van der Waals surface area contributed by atoms with Crippen LogP contribution in [0.3, 0.4) is 0 Å². The second-order valence-corrected chi connectivity index (χ2v) is 19.7. The van der Waals surface area contributed by atoms with E-state index < -0.39 is 12.7 Å². The van der Waals surface area contributed by atoms with Crippen molar-refractivity contribution in [1.29, 1.82) is 0 Å². The molecule has 2 N–H and O–H groups in total. The number of carbonyl (C=O) groups excluding carboxylic acids is 1. The minimum absolute atomic E-state index is 0.233. The summed E-state index contributed by atoms with van der Waals surface area (Å²) in [5.41, 5.74) is 4.65. The van der Waals surface area contributed by atoms with Crippen LogP contribution in [0.15, 0.2) is 65.7 Å². The first-order chi connectivity index (χ1) is 26.7. The zero-order chi connectivity index (χ0) is 39.8. The quantitative estimate of drug-likeness (QED) is 0.142. The molecule has 56 heavy (non-hydrogen) atoms. The Morgan fingerprint density at radius 3 is 2.34 bits per heavy atom. The number of aromatic nitrogens is 5. The Kier molecular flexibility index (Phi) is 11.3. The lowest BCUT2D eigenvalue weighted by atomic mass is 9.98. The highest BCUT2D eigenvalue weighted by Gasteiger charge is 2.32. The van der Waals surface area contributed by atoms with Gasteiger partial charge in [-0.1, -0.05) is 18.2 Å². The largest absolute Gasteiger partial charge is 0.494 e. The molecule has 0 aliphatic carbocycles. The summed E-state index contributed by atoms with van der Waals surface area (Å²) in [5.74, 6) is 1.48. The highest BCUT2D eigenvalue weighted by Crippen LogP contribution is 2.43. The number of fused-ring (bicyclic) bond motifs is 1. The van der Waals surface area contributed by atoms with Crippen LogP contribution < -0.4 is 25.6 Å². The molecule has 7 rings (SSSR count). The Morgan fingerprint density at radius 2 is 1.68 bits per heavy atom. The molecule has 2 aromatic carbocycles. The zero-order valence-corrected chi connectivity index (χ0v) is 35.5. The molecule has 5 heterocycles. The number of piperidine rings is 1. The van der Waals surface area contributed by atoms with E-state index in [2.05, 4.69) is 63.6 Å². The monoisotopic (exact) mass is 844 g/mol. The maximum Gasteiger partial charge on any atom is 0.410 e. The van der Waals surface area contributed by atoms with Crippen LogP contribution in [-0.2, 0) is 16.3 Å². The zero-order valence-electron chi connectivity index (χ0n) is 33.0. The summed E-state index contributed by atoms with van der Waals surface area (Å²) < 4.78 is 27.6. The number of piperazine rings is 1. The summed E-state index contributed by atoms with van der Waals surface area (Å²) in [6.07, 6.45) is 9.04. The highest BCUT2D eigenvalue weighted by molar-refractivity contribution is 9.10. The predicted molar refractivity (Wildman–Crippen MR) is 227 cm³/mol. The number of halogens is 1. The Hall–Kier alpha value is -4.72. The second-order valence-electron chi connectivity index (χ2n) is 15.7. The van der Waals surface area contributed by atoms with Crippen LogP contribution in [-0.4, -0.2) is 112 Å². The number of nitrogens with one attached hydrogen (secondary N) is 2. The smallest absolute Gasteiger partial charge is 0.410 e. The van der Waals surface area contributed by atoms with Crippen molar-refractivity contribution in [3.63, 3.8) is 0 Å². The average molecular weight is 846 g/mol. The van der Waals surface area contributed by atoms with Gasteiger partial charge in [0.1, 0.15) is 24.3 Å². The number of carbonyl (C=O) groups is 1. The Labute approximate surface area is 336 Å². The van der Waals surface area contributed by atoms with Gasteiger partial charge in [0, 0.05) is 98.3 Å². The van der Waals surface area contributed by atoms with E-state index in [4.69, 9.17) is 14.5 Å². The van der Waals surface area contributed by atoms with Gasteiger partial charge in [-0.2, -0.15) is 10.1 Å². The first-order valence-corrected chi connectivity index (χ1v) is 22.2. The van der Waals surface area contributed by atoms with Crippen molar-refractivity contribution in [2.24, 2.45) is 7.05 Å². The van der Waals surface area contributed by atoms with E-state index in [1.807, 2.05) is 69.4 Å². The van der Waals surface area contributed by atoms with Crippen LogP contribution in [0.1, 0.15) is 33.6 Å². The number of nitrogens with zero attached hydrogens (tertiary/aromatic N) is 8. The van der Waals surface area contributed by atoms with Gasteiger partial charge in [0.2, 0.25) is 5.95 Å². The number of rotatable bonds is 9. The molecule has 2 fully saturated rings. The van der Waals surface area contributed by atoms with E-state index in [0.29, 0.717) is 57.8 Å². The van der Waals surface area contributed by atoms with E-state index in [1.54, 1.807) is 37.5 Å². The minimum atomic E-state index is -2.73. The van der Waals surface area contributed by atoms with Gasteiger partial charge < -0.3 is 34.5 Å². The molecule has 1 amide bonds. The maximum atomic E-state index is 13.6. The van der Waals surface area contributed by atoms with Crippen molar-refractivity contribution in [3.05, 3.63) is 65.7 Å². The van der Waals surface area contributed by atoms with Gasteiger partial charge in [-0.05, 0) is 75.0 Å². The summed E-state index contributed by atoms with van der Waals surface area (Å²) in [5, 5.41) is 12.8. The van der Waals surface area contributed by atoms with Crippen LogP contribution >= 0.6 is 23.1 Å². The molecular formula is C40H50BrN10O4P. The number of benzene rings is 2. The fourth-order valence-electron chi connectivity index (χ4n) is 7.52. The molecule has 0 bridgehead atoms. The van der Waals surface area contributed by atoms with E-state index in [1.165, 1.54) is 0 Å². The SMILES string of the molecule is COc1cc(N2CCC(N3CCN(C(=O)OC(C)(C)C)CC3)CC2)c(-c2cnn(C)c2)cc1Nc1ncc(Br)c(Nc2cnc3ccccc3c2P(C)(C)=O)n1. The second kappa shape index (κ2) is 16.0. The van der Waals surface area contributed by atoms with Crippen molar-refractivity contribution in [1.82, 2.24) is 34.5 Å². The molecule has 5 aromatic rings. The summed E-state index contributed by atoms with van der Waals surface area (Å²) in [6.45, 7) is 14.0. The molecule has 3 aromatic heterocycles. The predicted octanol–water partition coefficient (Wildman–Crippen LogP) is 7.45. The van der Waals surface area contributed by atoms with E-state index >= 15 is 0 Å². The summed E-state index contributed by atoms with van der Waals surface area (Å²) in [7, 11) is 0.848. The van der Waals surface area contributed by atoms with Crippen LogP contribution in [0, 0.1) is 0 Å². The Bertz CT molecular complexity index is 2270. The van der Waals surface area contributed by atoms with Crippen LogP contribution in [0.25, 0.3) is 22.0 Å². The Balaban J connectivity index is 1.11. The van der Waals surface area contributed by atoms with E-state index in [0.717, 1.165) is 66.7 Å². The normalized spacial score (nSPS) is 15.9. The molecule has 14 nitrogen and oxygen atoms in total. The van der Waals surface area contributed by atoms with Gasteiger partial charge >= 0.3 is 6.09 Å². The van der Waals surface area contributed by atoms with Gasteiger partial charge in [0.25, 0.3) is 0 Å². The third-order valence-corrected chi connectivity index (χ3v) is 12.3. The van der Waals surface area contributed by atoms with E-state index in [-0.39, 0.29) is 6.09 Å². The molecular weight excluding hydrogens is 795 g/mol. The van der Waals surface area contributed by atoms with Crippen LogP contribution in [0.4, 0.5) is 33.6 Å². The maximum absolute atomic E-state index is 13.6. The first-order valence-electron chi connectivity index (χ1n) is 18.8. The number of hydrogen-bond acceptors (Lipinski definition) is 12. The number of amides is 1. The number of hydrogen-bond donors (Lipinski definition) is 2.